The second-order valence-electron chi connectivity index (χ2n) is 10.0. The second kappa shape index (κ2) is 6.39. The standard InChI is InChI=1S/C32H22N2O/c1-32(2)24-11-5-3-9-19(24)21-16-15-20-22(30(21)32)17-18-27-29(20)23-10-4-7-13-26(23)34(27)31-33-25-12-6-8-14-28(25)35-31/h3-18H,1-2H3. The van der Waals surface area contributed by atoms with Crippen LogP contribution in [0.5, 0.6) is 0 Å². The summed E-state index contributed by atoms with van der Waals surface area (Å²) in [7, 11) is 0. The van der Waals surface area contributed by atoms with E-state index in [2.05, 4.69) is 91.2 Å². The molecule has 0 amide bonds. The Balaban J connectivity index is 1.51. The van der Waals surface area contributed by atoms with Gasteiger partial charge in [-0.3, -0.25) is 4.57 Å². The molecule has 166 valence electrons. The molecular formula is C32H22N2O. The van der Waals surface area contributed by atoms with Gasteiger partial charge in [-0.05, 0) is 57.3 Å². The fraction of sp³-hybridized carbons (Fsp3) is 0.0938. The van der Waals surface area contributed by atoms with Crippen LogP contribution in [0.2, 0.25) is 0 Å². The summed E-state index contributed by atoms with van der Waals surface area (Å²) in [5, 5.41) is 5.04. The van der Waals surface area contributed by atoms with Crippen molar-refractivity contribution in [2.45, 2.75) is 19.3 Å². The molecule has 1 aliphatic rings. The van der Waals surface area contributed by atoms with Gasteiger partial charge in [0.15, 0.2) is 5.58 Å². The number of fused-ring (bicyclic) bond motifs is 10. The highest BCUT2D eigenvalue weighted by molar-refractivity contribution is 6.22. The van der Waals surface area contributed by atoms with Gasteiger partial charge in [-0.2, -0.15) is 4.98 Å². The molecule has 0 saturated heterocycles. The van der Waals surface area contributed by atoms with Gasteiger partial charge in [-0.25, -0.2) is 0 Å². The zero-order valence-electron chi connectivity index (χ0n) is 19.5. The van der Waals surface area contributed by atoms with Crippen molar-refractivity contribution < 1.29 is 4.42 Å². The van der Waals surface area contributed by atoms with Crippen molar-refractivity contribution in [3.05, 3.63) is 108 Å². The summed E-state index contributed by atoms with van der Waals surface area (Å²) in [4.78, 5) is 4.84. The Hall–Kier alpha value is -4.37. The van der Waals surface area contributed by atoms with Crippen molar-refractivity contribution in [1.82, 2.24) is 9.55 Å². The molecule has 0 aliphatic heterocycles. The van der Waals surface area contributed by atoms with Gasteiger partial charge in [-0.1, -0.05) is 86.6 Å². The van der Waals surface area contributed by atoms with Crippen LogP contribution in [0.25, 0.3) is 60.8 Å². The maximum atomic E-state index is 6.24. The molecule has 2 aromatic heterocycles. The lowest BCUT2D eigenvalue weighted by Gasteiger charge is -2.23. The van der Waals surface area contributed by atoms with E-state index in [-0.39, 0.29) is 5.41 Å². The first-order valence-corrected chi connectivity index (χ1v) is 12.1. The summed E-state index contributed by atoms with van der Waals surface area (Å²) >= 11 is 0. The Labute approximate surface area is 202 Å². The summed E-state index contributed by atoms with van der Waals surface area (Å²) in [6.45, 7) is 4.70. The topological polar surface area (TPSA) is 31.0 Å². The first-order valence-electron chi connectivity index (χ1n) is 12.1. The summed E-state index contributed by atoms with van der Waals surface area (Å²) in [6.07, 6.45) is 0. The number of hydrogen-bond acceptors (Lipinski definition) is 2. The number of aromatic nitrogens is 2. The van der Waals surface area contributed by atoms with Gasteiger partial charge < -0.3 is 4.42 Å². The maximum Gasteiger partial charge on any atom is 0.307 e. The van der Waals surface area contributed by atoms with Crippen LogP contribution in [0, 0.1) is 0 Å². The summed E-state index contributed by atoms with van der Waals surface area (Å²) in [5.74, 6) is 0. The number of hydrogen-bond donors (Lipinski definition) is 0. The Kier molecular flexibility index (Phi) is 3.47. The molecule has 0 radical (unpaired) electrons. The van der Waals surface area contributed by atoms with Crippen molar-refractivity contribution in [3.63, 3.8) is 0 Å². The molecule has 35 heavy (non-hydrogen) atoms. The molecular weight excluding hydrogens is 428 g/mol. The summed E-state index contributed by atoms with van der Waals surface area (Å²) < 4.78 is 8.41. The molecule has 3 heteroatoms. The third kappa shape index (κ3) is 2.33. The largest absolute Gasteiger partial charge is 0.423 e. The minimum absolute atomic E-state index is 0.0578. The molecule has 7 aromatic rings. The van der Waals surface area contributed by atoms with Gasteiger partial charge in [-0.15, -0.1) is 0 Å². The fourth-order valence-corrected chi connectivity index (χ4v) is 6.33. The van der Waals surface area contributed by atoms with E-state index in [1.807, 2.05) is 24.3 Å². The summed E-state index contributed by atoms with van der Waals surface area (Å²) in [5.41, 5.74) is 9.33. The summed E-state index contributed by atoms with van der Waals surface area (Å²) in [6, 6.07) is 35.1. The molecule has 3 nitrogen and oxygen atoms in total. The minimum Gasteiger partial charge on any atom is -0.423 e. The van der Waals surface area contributed by atoms with E-state index in [1.54, 1.807) is 0 Å². The van der Waals surface area contributed by atoms with E-state index < -0.39 is 0 Å². The molecule has 0 N–H and O–H groups in total. The van der Waals surface area contributed by atoms with E-state index in [0.29, 0.717) is 6.01 Å². The van der Waals surface area contributed by atoms with E-state index >= 15 is 0 Å². The van der Waals surface area contributed by atoms with Gasteiger partial charge in [0.05, 0.1) is 11.0 Å². The lowest BCUT2D eigenvalue weighted by atomic mass is 9.80. The van der Waals surface area contributed by atoms with Gasteiger partial charge in [0.1, 0.15) is 5.52 Å². The van der Waals surface area contributed by atoms with E-state index in [0.717, 1.165) is 22.1 Å². The average molecular weight is 451 g/mol. The Bertz CT molecular complexity index is 1950. The van der Waals surface area contributed by atoms with Gasteiger partial charge in [0.25, 0.3) is 0 Å². The third-order valence-corrected chi connectivity index (χ3v) is 7.82. The predicted octanol–water partition coefficient (Wildman–Crippen LogP) is 8.38. The van der Waals surface area contributed by atoms with Crippen molar-refractivity contribution in [2.75, 3.05) is 0 Å². The van der Waals surface area contributed by atoms with Crippen molar-refractivity contribution in [1.29, 1.82) is 0 Å². The molecule has 8 rings (SSSR count). The molecule has 5 aromatic carbocycles. The van der Waals surface area contributed by atoms with Gasteiger partial charge in [0, 0.05) is 16.2 Å². The predicted molar refractivity (Wildman–Crippen MR) is 143 cm³/mol. The molecule has 0 spiro atoms. The van der Waals surface area contributed by atoms with Crippen LogP contribution < -0.4 is 0 Å². The van der Waals surface area contributed by atoms with Crippen LogP contribution in [0.1, 0.15) is 25.0 Å². The minimum atomic E-state index is -0.0578. The highest BCUT2D eigenvalue weighted by atomic mass is 16.4. The molecule has 0 saturated carbocycles. The van der Waals surface area contributed by atoms with E-state index in [9.17, 15) is 0 Å². The van der Waals surface area contributed by atoms with Crippen LogP contribution in [0.3, 0.4) is 0 Å². The number of benzene rings is 5. The molecule has 0 unspecified atom stereocenters. The first-order chi connectivity index (χ1) is 17.1. The Morgan fingerprint density at radius 2 is 1.43 bits per heavy atom. The van der Waals surface area contributed by atoms with Crippen LogP contribution in [0.4, 0.5) is 0 Å². The number of rotatable bonds is 1. The zero-order chi connectivity index (χ0) is 23.3. The first kappa shape index (κ1) is 19.0. The number of oxazole rings is 1. The van der Waals surface area contributed by atoms with E-state index in [1.165, 1.54) is 43.8 Å². The SMILES string of the molecule is CC1(C)c2ccccc2-c2ccc3c(ccc4c3c3ccccc3n4-c3nc4ccccc4o3)c21. The monoisotopic (exact) mass is 450 g/mol. The molecule has 1 aliphatic carbocycles. The zero-order valence-corrected chi connectivity index (χ0v) is 19.5. The molecule has 0 bridgehead atoms. The highest BCUT2D eigenvalue weighted by Gasteiger charge is 2.36. The highest BCUT2D eigenvalue weighted by Crippen LogP contribution is 2.52. The fourth-order valence-electron chi connectivity index (χ4n) is 6.33. The number of nitrogens with zero attached hydrogens (tertiary/aromatic N) is 2. The number of para-hydroxylation sites is 3. The smallest absolute Gasteiger partial charge is 0.307 e. The Morgan fingerprint density at radius 1 is 0.657 bits per heavy atom. The maximum absolute atomic E-state index is 6.24. The van der Waals surface area contributed by atoms with E-state index in [4.69, 9.17) is 9.40 Å². The average Bonchev–Trinajstić information content (AvgIpc) is 3.53. The van der Waals surface area contributed by atoms with Crippen molar-refractivity contribution >= 4 is 43.7 Å². The third-order valence-electron chi connectivity index (χ3n) is 7.82. The quantitative estimate of drug-likeness (QED) is 0.251. The van der Waals surface area contributed by atoms with Gasteiger partial charge >= 0.3 is 6.01 Å². The lowest BCUT2D eigenvalue weighted by molar-refractivity contribution is 0.574. The Morgan fingerprint density at radius 3 is 2.34 bits per heavy atom. The van der Waals surface area contributed by atoms with Crippen LogP contribution in [0.15, 0.2) is 101 Å². The lowest BCUT2D eigenvalue weighted by Crippen LogP contribution is -2.15. The molecule has 2 heterocycles. The van der Waals surface area contributed by atoms with Crippen molar-refractivity contribution in [3.8, 4) is 17.1 Å². The normalized spacial score (nSPS) is 14.2. The van der Waals surface area contributed by atoms with Gasteiger partial charge in [0.2, 0.25) is 0 Å². The van der Waals surface area contributed by atoms with Crippen LogP contribution in [-0.2, 0) is 5.41 Å². The van der Waals surface area contributed by atoms with Crippen molar-refractivity contribution in [2.24, 2.45) is 0 Å². The molecule has 0 fully saturated rings. The second-order valence-corrected chi connectivity index (χ2v) is 10.0. The van der Waals surface area contributed by atoms with Crippen LogP contribution >= 0.6 is 0 Å². The van der Waals surface area contributed by atoms with Crippen LogP contribution in [-0.4, -0.2) is 9.55 Å². The molecule has 0 atom stereocenters.